The van der Waals surface area contributed by atoms with Crippen molar-refractivity contribution in [1.82, 2.24) is 10.2 Å². The zero-order chi connectivity index (χ0) is 20.5. The van der Waals surface area contributed by atoms with Crippen LogP contribution in [0.3, 0.4) is 0 Å². The standard InChI is InChI=1S/C23H15N3O4/c27-21(24-23-26-25-20(30-23)12-14-6-2-1-3-7-14)18-13-17-16-9-5-4-8-15(16)10-11-19(17)29-22(18)28/h1-11,13H,12H2,(H,24,26,27). The second-order valence-electron chi connectivity index (χ2n) is 6.76. The van der Waals surface area contributed by atoms with Crippen LogP contribution in [-0.2, 0) is 6.42 Å². The molecule has 30 heavy (non-hydrogen) atoms. The summed E-state index contributed by atoms with van der Waals surface area (Å²) in [4.78, 5) is 25.0. The summed E-state index contributed by atoms with van der Waals surface area (Å²) in [5.41, 5.74) is 0.542. The van der Waals surface area contributed by atoms with Crippen LogP contribution < -0.4 is 10.9 Å². The van der Waals surface area contributed by atoms with E-state index in [1.165, 1.54) is 6.07 Å². The Morgan fingerprint density at radius 1 is 0.867 bits per heavy atom. The topological polar surface area (TPSA) is 98.2 Å². The molecule has 0 aliphatic rings. The predicted octanol–water partition coefficient (Wildman–Crippen LogP) is 4.17. The van der Waals surface area contributed by atoms with Gasteiger partial charge in [0.2, 0.25) is 5.89 Å². The van der Waals surface area contributed by atoms with E-state index < -0.39 is 11.5 Å². The van der Waals surface area contributed by atoms with Crippen LogP contribution >= 0.6 is 0 Å². The molecular formula is C23H15N3O4. The molecule has 2 heterocycles. The Labute approximate surface area is 170 Å². The van der Waals surface area contributed by atoms with Crippen LogP contribution in [0.25, 0.3) is 21.7 Å². The van der Waals surface area contributed by atoms with Crippen molar-refractivity contribution in [3.05, 3.63) is 100 Å². The van der Waals surface area contributed by atoms with Crippen molar-refractivity contribution in [2.75, 3.05) is 5.32 Å². The zero-order valence-electron chi connectivity index (χ0n) is 15.7. The normalized spacial score (nSPS) is 11.1. The fourth-order valence-electron chi connectivity index (χ4n) is 3.34. The van der Waals surface area contributed by atoms with Gasteiger partial charge in [-0.2, -0.15) is 0 Å². The molecule has 0 aliphatic carbocycles. The number of rotatable bonds is 4. The van der Waals surface area contributed by atoms with Gasteiger partial charge in [-0.15, -0.1) is 5.10 Å². The van der Waals surface area contributed by atoms with Crippen molar-refractivity contribution in [1.29, 1.82) is 0 Å². The zero-order valence-corrected chi connectivity index (χ0v) is 15.7. The molecule has 1 amide bonds. The molecule has 7 nitrogen and oxygen atoms in total. The lowest BCUT2D eigenvalue weighted by Gasteiger charge is -2.05. The fourth-order valence-corrected chi connectivity index (χ4v) is 3.34. The molecule has 5 rings (SSSR count). The van der Waals surface area contributed by atoms with E-state index in [1.54, 1.807) is 6.07 Å². The molecule has 1 N–H and O–H groups in total. The van der Waals surface area contributed by atoms with E-state index in [4.69, 9.17) is 8.83 Å². The molecule has 0 saturated heterocycles. The van der Waals surface area contributed by atoms with E-state index in [2.05, 4.69) is 15.5 Å². The highest BCUT2D eigenvalue weighted by Crippen LogP contribution is 2.25. The summed E-state index contributed by atoms with van der Waals surface area (Å²) in [5, 5.41) is 12.8. The highest BCUT2D eigenvalue weighted by atomic mass is 16.4. The van der Waals surface area contributed by atoms with E-state index in [0.29, 0.717) is 23.3 Å². The third-order valence-electron chi connectivity index (χ3n) is 4.77. The first-order valence-electron chi connectivity index (χ1n) is 9.31. The minimum atomic E-state index is -0.737. The lowest BCUT2D eigenvalue weighted by Crippen LogP contribution is -2.20. The van der Waals surface area contributed by atoms with E-state index >= 15 is 0 Å². The number of hydrogen-bond acceptors (Lipinski definition) is 6. The first kappa shape index (κ1) is 17.8. The Morgan fingerprint density at radius 2 is 1.67 bits per heavy atom. The summed E-state index contributed by atoms with van der Waals surface area (Å²) in [5.74, 6) is -0.318. The maximum absolute atomic E-state index is 12.7. The average molecular weight is 397 g/mol. The maximum atomic E-state index is 12.7. The van der Waals surface area contributed by atoms with Crippen LogP contribution in [-0.4, -0.2) is 16.1 Å². The predicted molar refractivity (Wildman–Crippen MR) is 111 cm³/mol. The molecule has 0 radical (unpaired) electrons. The molecule has 0 unspecified atom stereocenters. The van der Waals surface area contributed by atoms with Gasteiger partial charge in [-0.25, -0.2) is 4.79 Å². The number of carbonyl (C=O) groups excluding carboxylic acids is 1. The van der Waals surface area contributed by atoms with Gasteiger partial charge in [-0.05, 0) is 28.5 Å². The van der Waals surface area contributed by atoms with Crippen molar-refractivity contribution in [2.24, 2.45) is 0 Å². The minimum Gasteiger partial charge on any atom is -0.422 e. The van der Waals surface area contributed by atoms with Gasteiger partial charge in [0.1, 0.15) is 11.1 Å². The Morgan fingerprint density at radius 3 is 2.53 bits per heavy atom. The molecule has 0 aliphatic heterocycles. The van der Waals surface area contributed by atoms with Crippen molar-refractivity contribution in [3.63, 3.8) is 0 Å². The van der Waals surface area contributed by atoms with Gasteiger partial charge >= 0.3 is 11.6 Å². The lowest BCUT2D eigenvalue weighted by molar-refractivity contribution is 0.102. The van der Waals surface area contributed by atoms with Crippen molar-refractivity contribution >= 4 is 33.7 Å². The summed E-state index contributed by atoms with van der Waals surface area (Å²) in [7, 11) is 0. The molecule has 2 aromatic heterocycles. The van der Waals surface area contributed by atoms with Crippen LogP contribution in [0, 0.1) is 0 Å². The van der Waals surface area contributed by atoms with Gasteiger partial charge in [-0.1, -0.05) is 65.8 Å². The largest absolute Gasteiger partial charge is 0.422 e. The average Bonchev–Trinajstić information content (AvgIpc) is 3.20. The summed E-state index contributed by atoms with van der Waals surface area (Å²) in [6.45, 7) is 0. The fraction of sp³-hybridized carbons (Fsp3) is 0.0435. The molecule has 146 valence electrons. The number of aromatic nitrogens is 2. The number of nitrogens with zero attached hydrogens (tertiary/aromatic N) is 2. The molecule has 0 bridgehead atoms. The molecule has 0 saturated carbocycles. The maximum Gasteiger partial charge on any atom is 0.349 e. The number of amides is 1. The van der Waals surface area contributed by atoms with E-state index in [0.717, 1.165) is 16.3 Å². The number of fused-ring (bicyclic) bond motifs is 3. The Hall–Kier alpha value is -4.26. The number of benzene rings is 3. The van der Waals surface area contributed by atoms with Gasteiger partial charge in [0, 0.05) is 5.39 Å². The molecule has 7 heteroatoms. The van der Waals surface area contributed by atoms with Gasteiger partial charge in [-0.3, -0.25) is 10.1 Å². The number of carbonyl (C=O) groups is 1. The molecule has 0 atom stereocenters. The minimum absolute atomic E-state index is 0.0802. The lowest BCUT2D eigenvalue weighted by atomic mass is 10.0. The highest BCUT2D eigenvalue weighted by molar-refractivity contribution is 6.09. The van der Waals surface area contributed by atoms with Crippen LogP contribution in [0.5, 0.6) is 0 Å². The van der Waals surface area contributed by atoms with Crippen LogP contribution in [0.2, 0.25) is 0 Å². The van der Waals surface area contributed by atoms with Gasteiger partial charge < -0.3 is 8.83 Å². The Balaban J connectivity index is 1.44. The second kappa shape index (κ2) is 7.29. The van der Waals surface area contributed by atoms with Crippen molar-refractivity contribution in [2.45, 2.75) is 6.42 Å². The third kappa shape index (κ3) is 3.33. The van der Waals surface area contributed by atoms with Crippen LogP contribution in [0.1, 0.15) is 21.8 Å². The molecule has 3 aromatic carbocycles. The van der Waals surface area contributed by atoms with Gasteiger partial charge in [0.05, 0.1) is 6.42 Å². The third-order valence-corrected chi connectivity index (χ3v) is 4.77. The number of nitrogens with one attached hydrogen (secondary N) is 1. The Kier molecular flexibility index (Phi) is 4.33. The summed E-state index contributed by atoms with van der Waals surface area (Å²) in [6.07, 6.45) is 0.438. The quantitative estimate of drug-likeness (QED) is 0.361. The van der Waals surface area contributed by atoms with E-state index in [1.807, 2.05) is 60.7 Å². The first-order valence-corrected chi connectivity index (χ1v) is 9.31. The van der Waals surface area contributed by atoms with Crippen LogP contribution in [0.15, 0.2) is 86.4 Å². The van der Waals surface area contributed by atoms with Gasteiger partial charge in [0.25, 0.3) is 5.91 Å². The summed E-state index contributed by atoms with van der Waals surface area (Å²) < 4.78 is 10.9. The summed E-state index contributed by atoms with van der Waals surface area (Å²) in [6, 6.07) is 22.3. The smallest absolute Gasteiger partial charge is 0.349 e. The molecular weight excluding hydrogens is 382 g/mol. The second-order valence-corrected chi connectivity index (χ2v) is 6.76. The van der Waals surface area contributed by atoms with E-state index in [-0.39, 0.29) is 11.6 Å². The first-order chi connectivity index (χ1) is 14.7. The molecule has 0 spiro atoms. The Bertz CT molecular complexity index is 1440. The number of anilines is 1. The van der Waals surface area contributed by atoms with Crippen molar-refractivity contribution in [3.8, 4) is 0 Å². The van der Waals surface area contributed by atoms with Crippen molar-refractivity contribution < 1.29 is 13.6 Å². The molecule has 0 fully saturated rings. The summed E-state index contributed by atoms with van der Waals surface area (Å²) >= 11 is 0. The molecule has 5 aromatic rings. The SMILES string of the molecule is O=C(Nc1nnc(Cc2ccccc2)o1)c1cc2c(ccc3ccccc32)oc1=O. The van der Waals surface area contributed by atoms with E-state index in [9.17, 15) is 9.59 Å². The number of hydrogen-bond donors (Lipinski definition) is 1. The van der Waals surface area contributed by atoms with Crippen LogP contribution in [0.4, 0.5) is 6.01 Å². The highest BCUT2D eigenvalue weighted by Gasteiger charge is 2.18. The monoisotopic (exact) mass is 397 g/mol. The van der Waals surface area contributed by atoms with Gasteiger partial charge in [0.15, 0.2) is 0 Å².